The van der Waals surface area contributed by atoms with Gasteiger partial charge in [-0.15, -0.1) is 6.42 Å². The second kappa shape index (κ2) is 2.32. The van der Waals surface area contributed by atoms with Crippen molar-refractivity contribution in [1.82, 2.24) is 0 Å². The molecule has 0 aliphatic heterocycles. The number of aromatic hydroxyl groups is 1. The van der Waals surface area contributed by atoms with E-state index in [4.69, 9.17) is 17.3 Å². The number of phenols is 1. The molecule has 2 nitrogen and oxygen atoms in total. The highest BCUT2D eigenvalue weighted by Crippen LogP contribution is 2.19. The first-order valence-electron chi connectivity index (χ1n) is 2.79. The Morgan fingerprint density at radius 1 is 1.50 bits per heavy atom. The summed E-state index contributed by atoms with van der Waals surface area (Å²) >= 11 is 0. The van der Waals surface area contributed by atoms with E-state index in [2.05, 4.69) is 5.92 Å². The van der Waals surface area contributed by atoms with E-state index in [1.54, 1.807) is 12.1 Å². The summed E-state index contributed by atoms with van der Waals surface area (Å²) in [4.78, 5) is 0. The first-order valence-corrected chi connectivity index (χ1v) is 2.79. The van der Waals surface area contributed by atoms with Gasteiger partial charge < -0.3 is 10.8 Å². The highest BCUT2D eigenvalue weighted by Gasteiger charge is 1.94. The average molecular weight is 133 g/mol. The molecule has 0 radical (unpaired) electrons. The maximum atomic E-state index is 9.01. The Bertz CT molecular complexity index is 286. The molecule has 0 saturated carbocycles. The van der Waals surface area contributed by atoms with Crippen LogP contribution in [0.2, 0.25) is 0 Å². The molecular weight excluding hydrogens is 126 g/mol. The Hall–Kier alpha value is -1.62. The van der Waals surface area contributed by atoms with Crippen LogP contribution in [0.15, 0.2) is 18.2 Å². The van der Waals surface area contributed by atoms with Gasteiger partial charge in [0.1, 0.15) is 5.75 Å². The van der Waals surface area contributed by atoms with Gasteiger partial charge in [-0.05, 0) is 18.2 Å². The van der Waals surface area contributed by atoms with E-state index in [0.29, 0.717) is 11.3 Å². The van der Waals surface area contributed by atoms with Crippen LogP contribution in [0.4, 0.5) is 5.69 Å². The molecule has 1 aromatic rings. The van der Waals surface area contributed by atoms with Crippen LogP contribution < -0.4 is 5.73 Å². The van der Waals surface area contributed by atoms with Gasteiger partial charge in [0.15, 0.2) is 0 Å². The van der Waals surface area contributed by atoms with E-state index in [1.807, 2.05) is 0 Å². The molecule has 1 rings (SSSR count). The molecule has 0 aliphatic carbocycles. The van der Waals surface area contributed by atoms with Gasteiger partial charge in [-0.1, -0.05) is 5.92 Å². The monoisotopic (exact) mass is 133 g/mol. The molecule has 10 heavy (non-hydrogen) atoms. The predicted molar refractivity (Wildman–Crippen MR) is 40.5 cm³/mol. The zero-order valence-electron chi connectivity index (χ0n) is 5.33. The van der Waals surface area contributed by atoms with Gasteiger partial charge >= 0.3 is 0 Å². The lowest BCUT2D eigenvalue weighted by molar-refractivity contribution is 0.478. The smallest absolute Gasteiger partial charge is 0.139 e. The second-order valence-corrected chi connectivity index (χ2v) is 1.92. The summed E-state index contributed by atoms with van der Waals surface area (Å²) in [6, 6.07) is 4.70. The van der Waals surface area contributed by atoms with E-state index in [-0.39, 0.29) is 5.75 Å². The topological polar surface area (TPSA) is 46.2 Å². The van der Waals surface area contributed by atoms with Crippen LogP contribution >= 0.6 is 0 Å². The highest BCUT2D eigenvalue weighted by atomic mass is 16.3. The molecular formula is C8H7NO. The molecule has 0 spiro atoms. The molecule has 0 unspecified atom stereocenters. The Morgan fingerprint density at radius 3 is 2.70 bits per heavy atom. The van der Waals surface area contributed by atoms with Crippen molar-refractivity contribution < 1.29 is 5.11 Å². The molecule has 3 N–H and O–H groups in total. The fourth-order valence-electron chi connectivity index (χ4n) is 0.633. The Labute approximate surface area is 59.3 Å². The molecule has 2 heteroatoms. The van der Waals surface area contributed by atoms with Crippen molar-refractivity contribution in [2.75, 3.05) is 5.73 Å². The zero-order valence-corrected chi connectivity index (χ0v) is 5.33. The van der Waals surface area contributed by atoms with Crippen LogP contribution in [0.25, 0.3) is 0 Å². The van der Waals surface area contributed by atoms with Crippen molar-refractivity contribution in [2.45, 2.75) is 0 Å². The molecule has 50 valence electrons. The third-order valence-corrected chi connectivity index (χ3v) is 1.20. The number of benzene rings is 1. The minimum Gasteiger partial charge on any atom is -0.506 e. The normalized spacial score (nSPS) is 8.70. The lowest BCUT2D eigenvalue weighted by Crippen LogP contribution is -1.85. The minimum atomic E-state index is 0.0375. The summed E-state index contributed by atoms with van der Waals surface area (Å²) in [7, 11) is 0. The van der Waals surface area contributed by atoms with Crippen LogP contribution in [-0.2, 0) is 0 Å². The van der Waals surface area contributed by atoms with Gasteiger partial charge in [0.05, 0.1) is 5.69 Å². The molecule has 0 heterocycles. The third-order valence-electron chi connectivity index (χ3n) is 1.20. The average Bonchev–Trinajstić information content (AvgIpc) is 1.95. The first-order chi connectivity index (χ1) is 4.74. The second-order valence-electron chi connectivity index (χ2n) is 1.92. The van der Waals surface area contributed by atoms with Crippen molar-refractivity contribution in [3.05, 3.63) is 23.8 Å². The number of rotatable bonds is 0. The standard InChI is InChI=1S/C8H7NO/c1-2-6-3-4-7(9)8(10)5-6/h1,3-5,10H,9H2. The van der Waals surface area contributed by atoms with E-state index in [1.165, 1.54) is 6.07 Å². The third kappa shape index (κ3) is 1.03. The van der Waals surface area contributed by atoms with E-state index in [9.17, 15) is 0 Å². The van der Waals surface area contributed by atoms with Gasteiger partial charge in [-0.3, -0.25) is 0 Å². The van der Waals surface area contributed by atoms with Gasteiger partial charge in [-0.25, -0.2) is 0 Å². The first kappa shape index (κ1) is 6.50. The fraction of sp³-hybridized carbons (Fsp3) is 0. The van der Waals surface area contributed by atoms with Crippen LogP contribution in [0.5, 0.6) is 5.75 Å². The van der Waals surface area contributed by atoms with Crippen molar-refractivity contribution in [3.8, 4) is 18.1 Å². The Balaban J connectivity index is 3.20. The molecule has 1 aromatic carbocycles. The van der Waals surface area contributed by atoms with Crippen molar-refractivity contribution >= 4 is 5.69 Å². The molecule has 0 atom stereocenters. The van der Waals surface area contributed by atoms with Crippen molar-refractivity contribution in [1.29, 1.82) is 0 Å². The van der Waals surface area contributed by atoms with Crippen LogP contribution in [0, 0.1) is 12.3 Å². The van der Waals surface area contributed by atoms with Gasteiger partial charge in [0.25, 0.3) is 0 Å². The molecule has 0 saturated heterocycles. The van der Waals surface area contributed by atoms with Crippen LogP contribution in [-0.4, -0.2) is 5.11 Å². The molecule has 0 aliphatic rings. The SMILES string of the molecule is C#Cc1ccc(N)c(O)c1. The minimum absolute atomic E-state index is 0.0375. The molecule has 0 amide bonds. The number of anilines is 1. The van der Waals surface area contributed by atoms with Gasteiger partial charge in [0.2, 0.25) is 0 Å². The van der Waals surface area contributed by atoms with Crippen molar-refractivity contribution in [2.24, 2.45) is 0 Å². The number of hydrogen-bond acceptors (Lipinski definition) is 2. The summed E-state index contributed by atoms with van der Waals surface area (Å²) in [6.07, 6.45) is 5.07. The predicted octanol–water partition coefficient (Wildman–Crippen LogP) is 0.956. The summed E-state index contributed by atoms with van der Waals surface area (Å²) in [5.41, 5.74) is 6.30. The van der Waals surface area contributed by atoms with E-state index >= 15 is 0 Å². The Kier molecular flexibility index (Phi) is 1.51. The fourth-order valence-corrected chi connectivity index (χ4v) is 0.633. The van der Waals surface area contributed by atoms with Gasteiger partial charge in [-0.2, -0.15) is 0 Å². The summed E-state index contributed by atoms with van der Waals surface area (Å²) in [6.45, 7) is 0. The maximum Gasteiger partial charge on any atom is 0.139 e. The molecule has 0 bridgehead atoms. The zero-order chi connectivity index (χ0) is 7.56. The molecule has 0 fully saturated rings. The lowest BCUT2D eigenvalue weighted by atomic mass is 10.2. The summed E-state index contributed by atoms with van der Waals surface area (Å²) in [5, 5.41) is 9.01. The maximum absolute atomic E-state index is 9.01. The highest BCUT2D eigenvalue weighted by molar-refractivity contribution is 5.55. The van der Waals surface area contributed by atoms with Crippen LogP contribution in [0.1, 0.15) is 5.56 Å². The number of nitrogen functional groups attached to an aromatic ring is 1. The number of phenolic OH excluding ortho intramolecular Hbond substituents is 1. The number of terminal acetylenes is 1. The Morgan fingerprint density at radius 2 is 2.20 bits per heavy atom. The van der Waals surface area contributed by atoms with Crippen molar-refractivity contribution in [3.63, 3.8) is 0 Å². The quantitative estimate of drug-likeness (QED) is 0.314. The number of nitrogens with two attached hydrogens (primary N) is 1. The van der Waals surface area contributed by atoms with Gasteiger partial charge in [0, 0.05) is 5.56 Å². The van der Waals surface area contributed by atoms with E-state index < -0.39 is 0 Å². The molecule has 0 aromatic heterocycles. The lowest BCUT2D eigenvalue weighted by Gasteiger charge is -1.96. The largest absolute Gasteiger partial charge is 0.506 e. The van der Waals surface area contributed by atoms with E-state index in [0.717, 1.165) is 0 Å². The summed E-state index contributed by atoms with van der Waals surface area (Å²) in [5.74, 6) is 2.42. The number of hydrogen-bond donors (Lipinski definition) is 2. The summed E-state index contributed by atoms with van der Waals surface area (Å²) < 4.78 is 0. The van der Waals surface area contributed by atoms with Crippen LogP contribution in [0.3, 0.4) is 0 Å².